The molecule has 0 spiro atoms. The Morgan fingerprint density at radius 2 is 2.11 bits per heavy atom. The van der Waals surface area contributed by atoms with E-state index in [-0.39, 0.29) is 5.97 Å². The number of esters is 1. The molecular formula is C13H14N2O2S. The molecule has 5 heteroatoms. The minimum atomic E-state index is -0.323. The van der Waals surface area contributed by atoms with Crippen molar-refractivity contribution in [3.63, 3.8) is 0 Å². The molecule has 1 aromatic heterocycles. The van der Waals surface area contributed by atoms with Gasteiger partial charge in [-0.15, -0.1) is 11.3 Å². The van der Waals surface area contributed by atoms with Crippen LogP contribution in [0, 0.1) is 6.92 Å². The molecule has 0 unspecified atom stereocenters. The molecule has 0 atom stereocenters. The highest BCUT2D eigenvalue weighted by molar-refractivity contribution is 7.09. The van der Waals surface area contributed by atoms with Crippen molar-refractivity contribution in [2.75, 3.05) is 12.4 Å². The standard InChI is InChI=1S/C13H14N2O2S/c1-9-15-12(8-18-9)7-14-11-5-3-10(4-6-11)13(16)17-2/h3-6,8,14H,7H2,1-2H3. The van der Waals surface area contributed by atoms with Crippen LogP contribution in [0.25, 0.3) is 0 Å². The Morgan fingerprint density at radius 3 is 2.67 bits per heavy atom. The fourth-order valence-electron chi connectivity index (χ4n) is 1.52. The van der Waals surface area contributed by atoms with E-state index in [4.69, 9.17) is 0 Å². The fourth-order valence-corrected chi connectivity index (χ4v) is 2.14. The lowest BCUT2D eigenvalue weighted by molar-refractivity contribution is 0.0601. The van der Waals surface area contributed by atoms with E-state index in [1.807, 2.05) is 24.4 Å². The van der Waals surface area contributed by atoms with Gasteiger partial charge in [0.2, 0.25) is 0 Å². The first kappa shape index (κ1) is 12.6. The van der Waals surface area contributed by atoms with Crippen LogP contribution in [0.5, 0.6) is 0 Å². The van der Waals surface area contributed by atoms with Gasteiger partial charge in [-0.25, -0.2) is 9.78 Å². The molecule has 1 aromatic carbocycles. The third-order valence-electron chi connectivity index (χ3n) is 2.45. The number of carbonyl (C=O) groups is 1. The molecule has 4 nitrogen and oxygen atoms in total. The second-order valence-corrected chi connectivity index (χ2v) is 4.84. The van der Waals surface area contributed by atoms with Crippen molar-refractivity contribution in [2.24, 2.45) is 0 Å². The number of carbonyl (C=O) groups excluding carboxylic acids is 1. The molecule has 94 valence electrons. The predicted octanol–water partition coefficient (Wildman–Crippen LogP) is 2.85. The summed E-state index contributed by atoms with van der Waals surface area (Å²) in [6, 6.07) is 7.18. The molecule has 0 aliphatic carbocycles. The van der Waals surface area contributed by atoms with Gasteiger partial charge in [-0.1, -0.05) is 0 Å². The summed E-state index contributed by atoms with van der Waals surface area (Å²) in [6.07, 6.45) is 0. The van der Waals surface area contributed by atoms with Crippen molar-refractivity contribution in [2.45, 2.75) is 13.5 Å². The smallest absolute Gasteiger partial charge is 0.337 e. The van der Waals surface area contributed by atoms with Gasteiger partial charge >= 0.3 is 5.97 Å². The molecule has 0 saturated carbocycles. The van der Waals surface area contributed by atoms with E-state index in [9.17, 15) is 4.79 Å². The number of hydrogen-bond acceptors (Lipinski definition) is 5. The normalized spacial score (nSPS) is 10.1. The number of aromatic nitrogens is 1. The van der Waals surface area contributed by atoms with Gasteiger partial charge in [-0.3, -0.25) is 0 Å². The number of nitrogens with zero attached hydrogens (tertiary/aromatic N) is 1. The minimum absolute atomic E-state index is 0.323. The number of hydrogen-bond donors (Lipinski definition) is 1. The number of aryl methyl sites for hydroxylation is 1. The summed E-state index contributed by atoms with van der Waals surface area (Å²) >= 11 is 1.64. The molecule has 0 saturated heterocycles. The van der Waals surface area contributed by atoms with Crippen LogP contribution in [-0.4, -0.2) is 18.1 Å². The Balaban J connectivity index is 1.96. The first-order valence-corrected chi connectivity index (χ1v) is 6.40. The number of methoxy groups -OCH3 is 1. The first-order valence-electron chi connectivity index (χ1n) is 5.52. The highest BCUT2D eigenvalue weighted by Crippen LogP contribution is 2.13. The lowest BCUT2D eigenvalue weighted by Gasteiger charge is -2.05. The van der Waals surface area contributed by atoms with Crippen LogP contribution < -0.4 is 5.32 Å². The maximum atomic E-state index is 11.3. The number of anilines is 1. The number of rotatable bonds is 4. The van der Waals surface area contributed by atoms with Crippen LogP contribution in [0.1, 0.15) is 21.1 Å². The summed E-state index contributed by atoms with van der Waals surface area (Å²) in [5.74, 6) is -0.323. The molecule has 2 rings (SSSR count). The van der Waals surface area contributed by atoms with Gasteiger partial charge in [0.05, 0.1) is 29.9 Å². The van der Waals surface area contributed by atoms with Gasteiger partial charge in [0.25, 0.3) is 0 Å². The number of thiazole rings is 1. The second-order valence-electron chi connectivity index (χ2n) is 3.78. The number of ether oxygens (including phenoxy) is 1. The van der Waals surface area contributed by atoms with E-state index < -0.39 is 0 Å². The van der Waals surface area contributed by atoms with Crippen LogP contribution in [0.4, 0.5) is 5.69 Å². The second kappa shape index (κ2) is 5.64. The highest BCUT2D eigenvalue weighted by atomic mass is 32.1. The van der Waals surface area contributed by atoms with Crippen LogP contribution in [0.2, 0.25) is 0 Å². The zero-order valence-corrected chi connectivity index (χ0v) is 11.1. The molecule has 0 aliphatic rings. The fraction of sp³-hybridized carbons (Fsp3) is 0.231. The highest BCUT2D eigenvalue weighted by Gasteiger charge is 2.04. The third-order valence-corrected chi connectivity index (χ3v) is 3.27. The van der Waals surface area contributed by atoms with Gasteiger partial charge in [0.15, 0.2) is 0 Å². The van der Waals surface area contributed by atoms with E-state index in [1.54, 1.807) is 23.5 Å². The molecule has 2 aromatic rings. The molecule has 0 fully saturated rings. The van der Waals surface area contributed by atoms with Gasteiger partial charge in [-0.05, 0) is 31.2 Å². The van der Waals surface area contributed by atoms with E-state index in [2.05, 4.69) is 15.0 Å². The molecule has 0 amide bonds. The third kappa shape index (κ3) is 3.07. The van der Waals surface area contributed by atoms with Crippen molar-refractivity contribution in [1.82, 2.24) is 4.98 Å². The maximum absolute atomic E-state index is 11.3. The Bertz CT molecular complexity index is 534. The molecule has 1 N–H and O–H groups in total. The van der Waals surface area contributed by atoms with Crippen LogP contribution in [0.3, 0.4) is 0 Å². The molecule has 0 bridgehead atoms. The largest absolute Gasteiger partial charge is 0.465 e. The average molecular weight is 262 g/mol. The zero-order valence-electron chi connectivity index (χ0n) is 10.3. The summed E-state index contributed by atoms with van der Waals surface area (Å²) in [7, 11) is 1.37. The summed E-state index contributed by atoms with van der Waals surface area (Å²) in [5.41, 5.74) is 2.52. The molecule has 18 heavy (non-hydrogen) atoms. The Hall–Kier alpha value is -1.88. The van der Waals surface area contributed by atoms with Crippen LogP contribution in [0.15, 0.2) is 29.6 Å². The van der Waals surface area contributed by atoms with Gasteiger partial charge in [0, 0.05) is 11.1 Å². The summed E-state index contributed by atoms with van der Waals surface area (Å²) in [4.78, 5) is 15.6. The van der Waals surface area contributed by atoms with Gasteiger partial charge in [-0.2, -0.15) is 0 Å². The quantitative estimate of drug-likeness (QED) is 0.861. The SMILES string of the molecule is COC(=O)c1ccc(NCc2csc(C)n2)cc1. The van der Waals surface area contributed by atoms with E-state index in [0.29, 0.717) is 12.1 Å². The van der Waals surface area contributed by atoms with E-state index in [0.717, 1.165) is 16.4 Å². The average Bonchev–Trinajstić information content (AvgIpc) is 2.82. The van der Waals surface area contributed by atoms with Crippen molar-refractivity contribution >= 4 is 23.0 Å². The van der Waals surface area contributed by atoms with Crippen LogP contribution >= 0.6 is 11.3 Å². The van der Waals surface area contributed by atoms with Crippen molar-refractivity contribution < 1.29 is 9.53 Å². The molecular weight excluding hydrogens is 248 g/mol. The van der Waals surface area contributed by atoms with Crippen molar-refractivity contribution in [1.29, 1.82) is 0 Å². The van der Waals surface area contributed by atoms with Crippen molar-refractivity contribution in [3.05, 3.63) is 45.9 Å². The lowest BCUT2D eigenvalue weighted by Crippen LogP contribution is -2.02. The summed E-state index contributed by atoms with van der Waals surface area (Å²) < 4.78 is 4.64. The number of nitrogens with one attached hydrogen (secondary N) is 1. The Morgan fingerprint density at radius 1 is 1.39 bits per heavy atom. The van der Waals surface area contributed by atoms with Crippen LogP contribution in [-0.2, 0) is 11.3 Å². The maximum Gasteiger partial charge on any atom is 0.337 e. The Kier molecular flexibility index (Phi) is 3.94. The van der Waals surface area contributed by atoms with E-state index in [1.165, 1.54) is 7.11 Å². The first-order chi connectivity index (χ1) is 8.69. The van der Waals surface area contributed by atoms with Gasteiger partial charge < -0.3 is 10.1 Å². The predicted molar refractivity (Wildman–Crippen MR) is 72.0 cm³/mol. The molecule has 0 radical (unpaired) electrons. The molecule has 1 heterocycles. The lowest BCUT2D eigenvalue weighted by atomic mass is 10.2. The summed E-state index contributed by atoms with van der Waals surface area (Å²) in [5, 5.41) is 6.35. The van der Waals surface area contributed by atoms with E-state index >= 15 is 0 Å². The van der Waals surface area contributed by atoms with Gasteiger partial charge in [0.1, 0.15) is 0 Å². The molecule has 0 aliphatic heterocycles. The zero-order chi connectivity index (χ0) is 13.0. The Labute approximate surface area is 110 Å². The summed E-state index contributed by atoms with van der Waals surface area (Å²) in [6.45, 7) is 2.67. The monoisotopic (exact) mass is 262 g/mol. The number of benzene rings is 1. The minimum Gasteiger partial charge on any atom is -0.465 e. The van der Waals surface area contributed by atoms with Crippen molar-refractivity contribution in [3.8, 4) is 0 Å². The topological polar surface area (TPSA) is 51.2 Å².